The van der Waals surface area contributed by atoms with Crippen molar-refractivity contribution in [2.24, 2.45) is 10.2 Å². The van der Waals surface area contributed by atoms with Crippen molar-refractivity contribution in [3.63, 3.8) is 0 Å². The van der Waals surface area contributed by atoms with Crippen LogP contribution in [-0.4, -0.2) is 7.11 Å². The Hall–Kier alpha value is -3.86. The number of ether oxygens (including phenoxy) is 1. The molecule has 0 fully saturated rings. The Labute approximate surface area is 170 Å². The molecule has 0 unspecified atom stereocenters. The summed E-state index contributed by atoms with van der Waals surface area (Å²) in [4.78, 5) is 0. The van der Waals surface area contributed by atoms with Crippen LogP contribution in [0.5, 0.6) is 5.75 Å². The number of azo groups is 1. The number of benzene rings is 4. The highest BCUT2D eigenvalue weighted by Crippen LogP contribution is 2.37. The van der Waals surface area contributed by atoms with E-state index in [0.29, 0.717) is 11.4 Å². The van der Waals surface area contributed by atoms with Gasteiger partial charge in [-0.25, -0.2) is 0 Å². The fraction of sp³-hybridized carbons (Fsp3) is 0.0833. The average molecular weight is 382 g/mol. The molecule has 0 aliphatic rings. The van der Waals surface area contributed by atoms with E-state index < -0.39 is 0 Å². The number of anilines is 2. The number of hydrazine groups is 1. The third-order valence-corrected chi connectivity index (χ3v) is 4.61. The molecule has 0 amide bonds. The van der Waals surface area contributed by atoms with Crippen molar-refractivity contribution in [3.05, 3.63) is 90.5 Å². The summed E-state index contributed by atoms with van der Waals surface area (Å²) in [6.07, 6.45) is 0. The van der Waals surface area contributed by atoms with Gasteiger partial charge in [0.1, 0.15) is 17.1 Å². The first-order valence-electron chi connectivity index (χ1n) is 9.40. The molecular formula is C24H22N4O. The molecule has 0 spiro atoms. The number of rotatable bonds is 6. The minimum atomic E-state index is 0.682. The molecule has 144 valence electrons. The standard InChI is InChI=1S/C24H22N4O/c1-17-12-14-20-18(16-17)13-15-22(27-25-19-8-4-3-5-9-19)24(20)28-26-21-10-6-7-11-23(21)29-2/h3-16,25,27H,1-2H3. The van der Waals surface area contributed by atoms with Gasteiger partial charge < -0.3 is 10.2 Å². The summed E-state index contributed by atoms with van der Waals surface area (Å²) in [5.41, 5.74) is 10.9. The number of methoxy groups -OCH3 is 1. The molecule has 4 rings (SSSR count). The van der Waals surface area contributed by atoms with Gasteiger partial charge in [-0.15, -0.1) is 10.2 Å². The molecule has 0 aromatic heterocycles. The van der Waals surface area contributed by atoms with Gasteiger partial charge in [0.25, 0.3) is 0 Å². The number of hydrogen-bond donors (Lipinski definition) is 2. The molecule has 0 aliphatic carbocycles. The number of para-hydroxylation sites is 2. The third-order valence-electron chi connectivity index (χ3n) is 4.61. The molecule has 4 aromatic carbocycles. The van der Waals surface area contributed by atoms with Gasteiger partial charge in [-0.1, -0.05) is 60.2 Å². The first-order valence-corrected chi connectivity index (χ1v) is 9.40. The molecule has 0 saturated heterocycles. The van der Waals surface area contributed by atoms with Gasteiger partial charge >= 0.3 is 0 Å². The number of hydrogen-bond acceptors (Lipinski definition) is 5. The Balaban J connectivity index is 1.75. The van der Waals surface area contributed by atoms with Crippen molar-refractivity contribution in [3.8, 4) is 5.75 Å². The second-order valence-electron chi connectivity index (χ2n) is 6.67. The van der Waals surface area contributed by atoms with Crippen LogP contribution in [0, 0.1) is 6.92 Å². The van der Waals surface area contributed by atoms with Gasteiger partial charge in [-0.2, -0.15) is 0 Å². The van der Waals surface area contributed by atoms with Gasteiger partial charge in [-0.3, -0.25) is 5.43 Å². The zero-order valence-electron chi connectivity index (χ0n) is 16.4. The van der Waals surface area contributed by atoms with Gasteiger partial charge in [0.2, 0.25) is 0 Å². The van der Waals surface area contributed by atoms with E-state index in [1.165, 1.54) is 5.56 Å². The summed E-state index contributed by atoms with van der Waals surface area (Å²) in [7, 11) is 1.63. The lowest BCUT2D eigenvalue weighted by molar-refractivity contribution is 0.416. The molecule has 0 aliphatic heterocycles. The molecule has 0 atom stereocenters. The number of fused-ring (bicyclic) bond motifs is 1. The molecule has 0 bridgehead atoms. The smallest absolute Gasteiger partial charge is 0.146 e. The maximum Gasteiger partial charge on any atom is 0.146 e. The van der Waals surface area contributed by atoms with Crippen molar-refractivity contribution >= 4 is 33.5 Å². The normalized spacial score (nSPS) is 11.0. The summed E-state index contributed by atoms with van der Waals surface area (Å²) in [6.45, 7) is 2.08. The topological polar surface area (TPSA) is 58.0 Å². The van der Waals surface area contributed by atoms with Crippen LogP contribution in [0.25, 0.3) is 10.8 Å². The highest BCUT2D eigenvalue weighted by Gasteiger charge is 2.09. The monoisotopic (exact) mass is 382 g/mol. The van der Waals surface area contributed by atoms with Crippen LogP contribution in [0.3, 0.4) is 0 Å². The largest absolute Gasteiger partial charge is 0.494 e. The lowest BCUT2D eigenvalue weighted by Crippen LogP contribution is -2.08. The molecular weight excluding hydrogens is 360 g/mol. The fourth-order valence-electron chi connectivity index (χ4n) is 3.12. The summed E-state index contributed by atoms with van der Waals surface area (Å²) in [5.74, 6) is 0.684. The Morgan fingerprint density at radius 1 is 0.759 bits per heavy atom. The van der Waals surface area contributed by atoms with E-state index in [1.54, 1.807) is 7.11 Å². The number of aryl methyl sites for hydroxylation is 1. The minimum Gasteiger partial charge on any atom is -0.494 e. The summed E-state index contributed by atoms with van der Waals surface area (Å²) in [5, 5.41) is 11.2. The lowest BCUT2D eigenvalue weighted by Gasteiger charge is -2.14. The van der Waals surface area contributed by atoms with E-state index in [1.807, 2.05) is 60.7 Å². The number of nitrogens with one attached hydrogen (secondary N) is 2. The van der Waals surface area contributed by atoms with Gasteiger partial charge in [0, 0.05) is 5.39 Å². The zero-order chi connectivity index (χ0) is 20.1. The minimum absolute atomic E-state index is 0.682. The van der Waals surface area contributed by atoms with E-state index >= 15 is 0 Å². The average Bonchev–Trinajstić information content (AvgIpc) is 2.77. The Morgan fingerprint density at radius 2 is 1.55 bits per heavy atom. The fourth-order valence-corrected chi connectivity index (χ4v) is 3.12. The second-order valence-corrected chi connectivity index (χ2v) is 6.67. The summed E-state index contributed by atoms with van der Waals surface area (Å²) >= 11 is 0. The maximum absolute atomic E-state index is 5.39. The Bertz CT molecular complexity index is 1160. The molecule has 2 N–H and O–H groups in total. The molecule has 0 saturated carbocycles. The van der Waals surface area contributed by atoms with Gasteiger partial charge in [0.05, 0.1) is 18.5 Å². The maximum atomic E-state index is 5.39. The van der Waals surface area contributed by atoms with E-state index in [-0.39, 0.29) is 0 Å². The molecule has 5 heteroatoms. The van der Waals surface area contributed by atoms with Crippen molar-refractivity contribution in [2.45, 2.75) is 6.92 Å². The van der Waals surface area contributed by atoms with Crippen molar-refractivity contribution < 1.29 is 4.74 Å². The Morgan fingerprint density at radius 3 is 2.38 bits per heavy atom. The van der Waals surface area contributed by atoms with E-state index in [0.717, 1.165) is 27.8 Å². The predicted molar refractivity (Wildman–Crippen MR) is 120 cm³/mol. The van der Waals surface area contributed by atoms with Crippen LogP contribution in [0.4, 0.5) is 22.7 Å². The predicted octanol–water partition coefficient (Wildman–Crippen LogP) is 7.01. The number of nitrogens with zero attached hydrogens (tertiary/aromatic N) is 2. The second kappa shape index (κ2) is 8.44. The molecule has 0 radical (unpaired) electrons. The SMILES string of the molecule is COc1ccccc1N=Nc1c(NNc2ccccc2)ccc2cc(C)ccc12. The van der Waals surface area contributed by atoms with Crippen molar-refractivity contribution in [1.29, 1.82) is 0 Å². The highest BCUT2D eigenvalue weighted by molar-refractivity contribution is 5.99. The highest BCUT2D eigenvalue weighted by atomic mass is 16.5. The van der Waals surface area contributed by atoms with Crippen LogP contribution in [0.1, 0.15) is 5.56 Å². The van der Waals surface area contributed by atoms with E-state index in [4.69, 9.17) is 4.74 Å². The molecule has 4 aromatic rings. The van der Waals surface area contributed by atoms with Crippen LogP contribution in [-0.2, 0) is 0 Å². The van der Waals surface area contributed by atoms with Crippen LogP contribution < -0.4 is 15.6 Å². The van der Waals surface area contributed by atoms with Crippen LogP contribution >= 0.6 is 0 Å². The zero-order valence-corrected chi connectivity index (χ0v) is 16.4. The lowest BCUT2D eigenvalue weighted by atomic mass is 10.1. The van der Waals surface area contributed by atoms with Gasteiger partial charge in [0.15, 0.2) is 0 Å². The van der Waals surface area contributed by atoms with Gasteiger partial charge in [-0.05, 0) is 42.6 Å². The van der Waals surface area contributed by atoms with E-state index in [2.05, 4.69) is 52.3 Å². The summed E-state index contributed by atoms with van der Waals surface area (Å²) in [6, 6.07) is 27.9. The first kappa shape index (κ1) is 18.5. The third kappa shape index (κ3) is 4.19. The Kier molecular flexibility index (Phi) is 5.38. The quantitative estimate of drug-likeness (QED) is 0.278. The molecule has 0 heterocycles. The molecule has 29 heavy (non-hydrogen) atoms. The van der Waals surface area contributed by atoms with E-state index in [9.17, 15) is 0 Å². The molecule has 5 nitrogen and oxygen atoms in total. The van der Waals surface area contributed by atoms with Crippen molar-refractivity contribution in [1.82, 2.24) is 0 Å². The summed E-state index contributed by atoms with van der Waals surface area (Å²) < 4.78 is 5.39. The van der Waals surface area contributed by atoms with Crippen LogP contribution in [0.15, 0.2) is 95.2 Å². The van der Waals surface area contributed by atoms with Crippen molar-refractivity contribution in [2.75, 3.05) is 18.0 Å². The first-order chi connectivity index (χ1) is 14.2. The van der Waals surface area contributed by atoms with Crippen LogP contribution in [0.2, 0.25) is 0 Å².